The van der Waals surface area contributed by atoms with Gasteiger partial charge in [-0.2, -0.15) is 0 Å². The number of hydrogen-bond acceptors (Lipinski definition) is 5. The number of carbonyl (C=O) groups excluding carboxylic acids is 3. The number of halogens is 2. The maximum atomic E-state index is 13.1. The van der Waals surface area contributed by atoms with Crippen LogP contribution in [0.15, 0.2) is 60.7 Å². The van der Waals surface area contributed by atoms with Crippen molar-refractivity contribution < 1.29 is 19.1 Å². The van der Waals surface area contributed by atoms with E-state index in [1.54, 1.807) is 0 Å². The number of fused-ring (bicyclic) bond motifs is 1. The van der Waals surface area contributed by atoms with Gasteiger partial charge in [-0.1, -0.05) is 83.3 Å². The van der Waals surface area contributed by atoms with Crippen LogP contribution < -0.4 is 5.32 Å². The van der Waals surface area contributed by atoms with Gasteiger partial charge in [-0.3, -0.25) is 9.59 Å². The van der Waals surface area contributed by atoms with Gasteiger partial charge < -0.3 is 15.0 Å². The molecule has 2 aromatic carbocycles. The Morgan fingerprint density at radius 1 is 1.09 bits per heavy atom. The monoisotopic (exact) mass is 584 g/mol. The lowest BCUT2D eigenvalue weighted by atomic mass is 9.95. The number of alkyl halides is 2. The Balaban J connectivity index is 1.45. The molecule has 0 aromatic heterocycles. The molecule has 4 atom stereocenters. The highest BCUT2D eigenvalue weighted by molar-refractivity contribution is 14.1. The van der Waals surface area contributed by atoms with Crippen molar-refractivity contribution >= 4 is 63.7 Å². The molecule has 2 aromatic rings. The lowest BCUT2D eigenvalue weighted by Crippen LogP contribution is -2.71. The van der Waals surface area contributed by atoms with E-state index in [1.165, 1.54) is 16.7 Å². The molecule has 3 unspecified atom stereocenters. The van der Waals surface area contributed by atoms with Gasteiger partial charge in [0, 0.05) is 10.3 Å². The maximum Gasteiger partial charge on any atom is 0.330 e. The predicted molar refractivity (Wildman–Crippen MR) is 133 cm³/mol. The third-order valence-corrected chi connectivity index (χ3v) is 9.87. The van der Waals surface area contributed by atoms with Crippen molar-refractivity contribution in [1.29, 1.82) is 0 Å². The number of thioether (sulfide) groups is 1. The first-order chi connectivity index (χ1) is 15.5. The molecule has 2 fully saturated rings. The van der Waals surface area contributed by atoms with Crippen LogP contribution in [0.4, 0.5) is 0 Å². The van der Waals surface area contributed by atoms with Crippen LogP contribution in [-0.4, -0.2) is 55.2 Å². The lowest BCUT2D eigenvalue weighted by molar-refractivity contribution is -0.165. The van der Waals surface area contributed by atoms with E-state index in [0.29, 0.717) is 4.43 Å². The smallest absolute Gasteiger partial charge is 0.330 e. The minimum atomic E-state index is -0.787. The molecule has 2 aliphatic heterocycles. The van der Waals surface area contributed by atoms with Gasteiger partial charge in [0.1, 0.15) is 24.1 Å². The first kappa shape index (κ1) is 23.4. The van der Waals surface area contributed by atoms with E-state index in [-0.39, 0.29) is 36.1 Å². The zero-order valence-electron chi connectivity index (χ0n) is 17.1. The van der Waals surface area contributed by atoms with E-state index in [1.807, 2.05) is 60.7 Å². The molecule has 0 bridgehead atoms. The Bertz CT molecular complexity index is 990. The van der Waals surface area contributed by atoms with Crippen LogP contribution in [0.3, 0.4) is 0 Å². The Hall–Kier alpha value is -1.78. The number of esters is 1. The van der Waals surface area contributed by atoms with Gasteiger partial charge in [-0.15, -0.1) is 23.4 Å². The molecule has 4 rings (SSSR count). The van der Waals surface area contributed by atoms with Crippen LogP contribution in [0.2, 0.25) is 0 Å². The first-order valence-electron chi connectivity index (χ1n) is 10.1. The topological polar surface area (TPSA) is 75.7 Å². The van der Waals surface area contributed by atoms with E-state index in [4.69, 9.17) is 16.3 Å². The van der Waals surface area contributed by atoms with Crippen molar-refractivity contribution in [2.75, 3.05) is 10.3 Å². The second-order valence-electron chi connectivity index (χ2n) is 7.79. The summed E-state index contributed by atoms with van der Waals surface area (Å²) in [4.78, 5) is 40.1. The van der Waals surface area contributed by atoms with Gasteiger partial charge in [0.2, 0.25) is 11.8 Å². The zero-order valence-corrected chi connectivity index (χ0v) is 20.8. The molecule has 1 N–H and O–H groups in total. The van der Waals surface area contributed by atoms with Crippen LogP contribution in [0.1, 0.15) is 11.1 Å². The summed E-state index contributed by atoms with van der Waals surface area (Å²) in [5.74, 6) is -0.779. The molecule has 2 amide bonds. The molecule has 2 aliphatic rings. The molecule has 32 heavy (non-hydrogen) atoms. The molecule has 9 heteroatoms. The maximum absolute atomic E-state index is 13.1. The Morgan fingerprint density at radius 2 is 1.72 bits per heavy atom. The fourth-order valence-electron chi connectivity index (χ4n) is 3.96. The Labute approximate surface area is 209 Å². The van der Waals surface area contributed by atoms with E-state index in [2.05, 4.69) is 27.9 Å². The lowest BCUT2D eigenvalue weighted by Gasteiger charge is -2.44. The van der Waals surface area contributed by atoms with E-state index in [0.717, 1.165) is 11.1 Å². The van der Waals surface area contributed by atoms with Crippen LogP contribution in [0, 0.1) is 0 Å². The molecule has 0 saturated carbocycles. The van der Waals surface area contributed by atoms with Crippen molar-refractivity contribution in [1.82, 2.24) is 10.2 Å². The highest BCUT2D eigenvalue weighted by atomic mass is 127. The molecule has 0 radical (unpaired) electrons. The molecular formula is C23H22ClIN2O4S. The second kappa shape index (κ2) is 10.0. The largest absolute Gasteiger partial charge is 0.459 e. The van der Waals surface area contributed by atoms with Crippen LogP contribution in [-0.2, 0) is 32.1 Å². The third-order valence-electron chi connectivity index (χ3n) is 5.64. The molecule has 0 aliphatic carbocycles. The normalized spacial score (nSPS) is 26.2. The zero-order chi connectivity index (χ0) is 22.7. The van der Waals surface area contributed by atoms with Crippen LogP contribution in [0.5, 0.6) is 0 Å². The quantitative estimate of drug-likeness (QED) is 0.223. The van der Waals surface area contributed by atoms with Crippen molar-refractivity contribution in [3.63, 3.8) is 0 Å². The standard InChI is InChI=1S/C23H22ClIN2O4S/c24-13-23(14-25)19(22(30)31-12-16-9-5-2-6-10-16)27-20(29)18(21(27)32-23)26-17(28)11-15-7-3-1-4-8-15/h1-10,18-19,21H,11-14H2,(H,26,28)/t18?,19?,21-,23?/m1/s1. The number of nitrogens with zero attached hydrogens (tertiary/aromatic N) is 1. The Morgan fingerprint density at radius 3 is 2.31 bits per heavy atom. The number of β-lactam (4-membered cyclic amide) rings is 1. The summed E-state index contributed by atoms with van der Waals surface area (Å²) in [7, 11) is 0. The van der Waals surface area contributed by atoms with Crippen molar-refractivity contribution in [2.45, 2.75) is 35.2 Å². The summed E-state index contributed by atoms with van der Waals surface area (Å²) in [6, 6.07) is 17.3. The van der Waals surface area contributed by atoms with Gasteiger partial charge in [0.05, 0.1) is 11.2 Å². The number of rotatable bonds is 8. The fraction of sp³-hybridized carbons (Fsp3) is 0.348. The highest BCUT2D eigenvalue weighted by Gasteiger charge is 2.67. The molecule has 168 valence electrons. The fourth-order valence-corrected chi connectivity index (χ4v) is 7.54. The number of hydrogen-bond donors (Lipinski definition) is 1. The van der Waals surface area contributed by atoms with Crippen molar-refractivity contribution in [3.05, 3.63) is 71.8 Å². The van der Waals surface area contributed by atoms with Gasteiger partial charge in [0.15, 0.2) is 0 Å². The molecular weight excluding hydrogens is 563 g/mol. The molecule has 2 heterocycles. The summed E-state index contributed by atoms with van der Waals surface area (Å²) < 4.78 is 5.46. The molecule has 6 nitrogen and oxygen atoms in total. The van der Waals surface area contributed by atoms with E-state index < -0.39 is 22.8 Å². The van der Waals surface area contributed by atoms with Crippen LogP contribution in [0.25, 0.3) is 0 Å². The third kappa shape index (κ3) is 4.49. The average Bonchev–Trinajstić information content (AvgIpc) is 3.14. The summed E-state index contributed by atoms with van der Waals surface area (Å²) in [5.41, 5.74) is 1.74. The van der Waals surface area contributed by atoms with Gasteiger partial charge in [-0.25, -0.2) is 4.79 Å². The summed E-state index contributed by atoms with van der Waals surface area (Å²) in [6.45, 7) is 0.129. The number of benzene rings is 2. The minimum absolute atomic E-state index is 0.129. The molecule has 0 spiro atoms. The van der Waals surface area contributed by atoms with Gasteiger partial charge in [-0.05, 0) is 11.1 Å². The number of carbonyl (C=O) groups is 3. The van der Waals surface area contributed by atoms with E-state index in [9.17, 15) is 14.4 Å². The van der Waals surface area contributed by atoms with Gasteiger partial charge >= 0.3 is 5.97 Å². The summed E-state index contributed by atoms with van der Waals surface area (Å²) in [6.07, 6.45) is 0.192. The number of ether oxygens (including phenoxy) is 1. The Kier molecular flexibility index (Phi) is 7.31. The predicted octanol–water partition coefficient (Wildman–Crippen LogP) is 3.15. The van der Waals surface area contributed by atoms with Crippen molar-refractivity contribution in [2.24, 2.45) is 0 Å². The van der Waals surface area contributed by atoms with E-state index >= 15 is 0 Å². The first-order valence-corrected chi connectivity index (χ1v) is 13.1. The SMILES string of the molecule is O=C(Cc1ccccc1)NC1C(=O)N2C(C(=O)OCc3ccccc3)C(CCl)(CI)S[C@H]12. The highest BCUT2D eigenvalue weighted by Crippen LogP contribution is 2.52. The average molecular weight is 585 g/mol. The second-order valence-corrected chi connectivity index (χ2v) is 10.4. The molecule has 2 saturated heterocycles. The minimum Gasteiger partial charge on any atom is -0.459 e. The summed E-state index contributed by atoms with van der Waals surface area (Å²) >= 11 is 10.00. The van der Waals surface area contributed by atoms with Crippen molar-refractivity contribution in [3.8, 4) is 0 Å². The van der Waals surface area contributed by atoms with Crippen LogP contribution >= 0.6 is 46.0 Å². The number of nitrogens with one attached hydrogen (secondary N) is 1. The summed E-state index contributed by atoms with van der Waals surface area (Å²) in [5, 5.41) is 2.50. The number of amides is 2. The van der Waals surface area contributed by atoms with Gasteiger partial charge in [0.25, 0.3) is 0 Å².